The lowest BCUT2D eigenvalue weighted by Gasteiger charge is -2.35. The summed E-state index contributed by atoms with van der Waals surface area (Å²) in [6, 6.07) is 12.1. The van der Waals surface area contributed by atoms with Crippen LogP contribution < -0.4 is 10.6 Å². The number of benzene rings is 2. The Morgan fingerprint density at radius 2 is 2.15 bits per heavy atom. The van der Waals surface area contributed by atoms with Gasteiger partial charge in [-0.2, -0.15) is 0 Å². The molecule has 1 aliphatic heterocycles. The summed E-state index contributed by atoms with van der Waals surface area (Å²) in [5.74, 6) is 0.0901. The number of fused-ring (bicyclic) bond motifs is 1. The van der Waals surface area contributed by atoms with Crippen molar-refractivity contribution in [1.82, 2.24) is 15.3 Å². The third-order valence-corrected chi connectivity index (χ3v) is 5.09. The standard InChI is InChI=1S/C20H20FN4O/c1-12-11-14(7-8-15(12)21)20(9-10-22-18(20)13(2)26)25-19-23-16-5-3-4-6-17(16)24-19/h3-8,11,18,22H,2,9-10H2,1H3,(H2,23,24,25)/t18-,20?/m1/s1. The lowest BCUT2D eigenvalue weighted by Crippen LogP contribution is -2.50. The van der Waals surface area contributed by atoms with Crippen LogP contribution in [-0.2, 0) is 10.3 Å². The summed E-state index contributed by atoms with van der Waals surface area (Å²) in [6.07, 6.45) is 0.654. The Labute approximate surface area is 151 Å². The van der Waals surface area contributed by atoms with Gasteiger partial charge in [-0.15, -0.1) is 0 Å². The van der Waals surface area contributed by atoms with Crippen LogP contribution in [0.15, 0.2) is 42.5 Å². The fraction of sp³-hybridized carbons (Fsp3) is 0.250. The van der Waals surface area contributed by atoms with Gasteiger partial charge in [0, 0.05) is 6.92 Å². The average Bonchev–Trinajstić information content (AvgIpc) is 3.21. The molecule has 2 atom stereocenters. The van der Waals surface area contributed by atoms with Gasteiger partial charge in [-0.25, -0.2) is 9.37 Å². The van der Waals surface area contributed by atoms with Crippen LogP contribution in [-0.4, -0.2) is 28.3 Å². The van der Waals surface area contributed by atoms with E-state index in [0.29, 0.717) is 24.5 Å². The van der Waals surface area contributed by atoms with Crippen LogP contribution in [0, 0.1) is 19.7 Å². The second kappa shape index (κ2) is 6.21. The van der Waals surface area contributed by atoms with Crippen molar-refractivity contribution in [2.45, 2.75) is 24.9 Å². The molecule has 1 aliphatic rings. The molecule has 3 N–H and O–H groups in total. The number of halogens is 1. The van der Waals surface area contributed by atoms with Crippen molar-refractivity contribution in [3.63, 3.8) is 0 Å². The highest BCUT2D eigenvalue weighted by atomic mass is 19.1. The molecule has 4 rings (SSSR count). The van der Waals surface area contributed by atoms with E-state index in [4.69, 9.17) is 0 Å². The van der Waals surface area contributed by atoms with E-state index < -0.39 is 11.6 Å². The highest BCUT2D eigenvalue weighted by Gasteiger charge is 2.47. The van der Waals surface area contributed by atoms with Gasteiger partial charge >= 0.3 is 0 Å². The molecule has 5 nitrogen and oxygen atoms in total. The highest BCUT2D eigenvalue weighted by molar-refractivity contribution is 5.90. The first-order valence-corrected chi connectivity index (χ1v) is 8.58. The maximum atomic E-state index is 13.8. The van der Waals surface area contributed by atoms with E-state index in [0.717, 1.165) is 16.6 Å². The maximum absolute atomic E-state index is 13.8. The molecule has 0 spiro atoms. The topological polar surface area (TPSA) is 69.8 Å². The largest absolute Gasteiger partial charge is 0.344 e. The lowest BCUT2D eigenvalue weighted by atomic mass is 9.80. The van der Waals surface area contributed by atoms with E-state index in [-0.39, 0.29) is 11.6 Å². The normalized spacial score (nSPS) is 22.7. The number of H-pyrrole nitrogens is 1. The Hall–Kier alpha value is -2.73. The lowest BCUT2D eigenvalue weighted by molar-refractivity contribution is -0.117. The van der Waals surface area contributed by atoms with Gasteiger partial charge in [0.1, 0.15) is 5.82 Å². The molecule has 3 aromatic rings. The zero-order chi connectivity index (χ0) is 18.3. The van der Waals surface area contributed by atoms with Crippen molar-refractivity contribution in [2.75, 3.05) is 11.9 Å². The van der Waals surface area contributed by atoms with Gasteiger partial charge in [0.15, 0.2) is 5.78 Å². The van der Waals surface area contributed by atoms with Crippen LogP contribution in [0.1, 0.15) is 17.5 Å². The number of carbonyl (C=O) groups excluding carboxylic acids is 1. The minimum absolute atomic E-state index is 0.215. The fourth-order valence-corrected chi connectivity index (χ4v) is 3.78. The number of nitrogens with zero attached hydrogens (tertiary/aromatic N) is 1. The van der Waals surface area contributed by atoms with Crippen LogP contribution >= 0.6 is 0 Å². The molecule has 0 aliphatic carbocycles. The molecule has 1 radical (unpaired) electrons. The summed E-state index contributed by atoms with van der Waals surface area (Å²) in [4.78, 5) is 20.1. The van der Waals surface area contributed by atoms with Gasteiger partial charge in [0.25, 0.3) is 0 Å². The Bertz CT molecular complexity index is 950. The van der Waals surface area contributed by atoms with Crippen molar-refractivity contribution in [2.24, 2.45) is 0 Å². The summed E-state index contributed by atoms with van der Waals surface area (Å²) in [6.45, 7) is 5.99. The van der Waals surface area contributed by atoms with E-state index in [1.807, 2.05) is 24.3 Å². The number of Topliss-reactive ketones (excluding diaryl/α,β-unsaturated/α-hetero) is 1. The summed E-state index contributed by atoms with van der Waals surface area (Å²) in [5, 5.41) is 6.65. The Kier molecular flexibility index (Phi) is 4.00. The third kappa shape index (κ3) is 2.66. The number of imidazole rings is 1. The number of nitrogens with one attached hydrogen (secondary N) is 3. The van der Waals surface area contributed by atoms with Gasteiger partial charge in [-0.1, -0.05) is 24.3 Å². The first-order valence-electron chi connectivity index (χ1n) is 8.58. The molecule has 6 heteroatoms. The van der Waals surface area contributed by atoms with Crippen LogP contribution in [0.3, 0.4) is 0 Å². The van der Waals surface area contributed by atoms with E-state index in [1.165, 1.54) is 6.07 Å². The van der Waals surface area contributed by atoms with Gasteiger partial charge in [-0.05, 0) is 49.2 Å². The molecule has 1 fully saturated rings. The SMILES string of the molecule is [CH2]C(=O)[C@H]1NCCC1(Nc1nc2ccccc2[nH]1)c1ccc(F)c(C)c1. The monoisotopic (exact) mass is 351 g/mol. The number of carbonyl (C=O) groups is 1. The number of ketones is 1. The van der Waals surface area contributed by atoms with Gasteiger partial charge in [-0.3, -0.25) is 4.79 Å². The van der Waals surface area contributed by atoms with E-state index in [9.17, 15) is 9.18 Å². The van der Waals surface area contributed by atoms with Gasteiger partial charge in [0.2, 0.25) is 5.95 Å². The number of aromatic nitrogens is 2. The number of aryl methyl sites for hydroxylation is 1. The molecule has 1 unspecified atom stereocenters. The predicted molar refractivity (Wildman–Crippen MR) is 99.3 cm³/mol. The number of aromatic amines is 1. The fourth-order valence-electron chi connectivity index (χ4n) is 3.78. The van der Waals surface area contributed by atoms with Crippen molar-refractivity contribution >= 4 is 22.8 Å². The van der Waals surface area contributed by atoms with Crippen molar-refractivity contribution < 1.29 is 9.18 Å². The molecule has 1 saturated heterocycles. The number of rotatable bonds is 4. The third-order valence-electron chi connectivity index (χ3n) is 5.09. The second-order valence-electron chi connectivity index (χ2n) is 6.77. The van der Waals surface area contributed by atoms with Gasteiger partial charge in [0.05, 0.1) is 22.6 Å². The van der Waals surface area contributed by atoms with E-state index in [2.05, 4.69) is 27.5 Å². The summed E-state index contributed by atoms with van der Waals surface area (Å²) >= 11 is 0. The van der Waals surface area contributed by atoms with Crippen LogP contribution in [0.5, 0.6) is 0 Å². The molecule has 1 aromatic heterocycles. The van der Waals surface area contributed by atoms with Crippen molar-refractivity contribution in [1.29, 1.82) is 0 Å². The number of anilines is 1. The quantitative estimate of drug-likeness (QED) is 0.676. The Morgan fingerprint density at radius 3 is 2.88 bits per heavy atom. The van der Waals surface area contributed by atoms with Crippen molar-refractivity contribution in [3.8, 4) is 0 Å². The molecule has 0 bridgehead atoms. The Balaban J connectivity index is 1.82. The smallest absolute Gasteiger partial charge is 0.201 e. The molecular formula is C20H20FN4O. The molecule has 2 heterocycles. The molecule has 0 amide bonds. The second-order valence-corrected chi connectivity index (χ2v) is 6.77. The summed E-state index contributed by atoms with van der Waals surface area (Å²) in [5.41, 5.74) is 2.37. The number of hydrogen-bond donors (Lipinski definition) is 3. The van der Waals surface area contributed by atoms with Crippen LogP contribution in [0.2, 0.25) is 0 Å². The van der Waals surface area contributed by atoms with E-state index in [1.54, 1.807) is 19.1 Å². The maximum Gasteiger partial charge on any atom is 0.201 e. The zero-order valence-corrected chi connectivity index (χ0v) is 14.5. The molecule has 0 saturated carbocycles. The zero-order valence-electron chi connectivity index (χ0n) is 14.5. The Morgan fingerprint density at radius 1 is 1.35 bits per heavy atom. The van der Waals surface area contributed by atoms with Gasteiger partial charge < -0.3 is 15.6 Å². The number of para-hydroxylation sites is 2. The minimum Gasteiger partial charge on any atom is -0.344 e. The number of hydrogen-bond acceptors (Lipinski definition) is 4. The molecule has 133 valence electrons. The highest BCUT2D eigenvalue weighted by Crippen LogP contribution is 2.37. The predicted octanol–water partition coefficient (Wildman–Crippen LogP) is 3.08. The van der Waals surface area contributed by atoms with Crippen LogP contribution in [0.25, 0.3) is 11.0 Å². The van der Waals surface area contributed by atoms with E-state index >= 15 is 0 Å². The first kappa shape index (κ1) is 16.7. The minimum atomic E-state index is -0.745. The average molecular weight is 351 g/mol. The van der Waals surface area contributed by atoms with Crippen molar-refractivity contribution in [3.05, 3.63) is 66.3 Å². The van der Waals surface area contributed by atoms with Crippen LogP contribution in [0.4, 0.5) is 10.3 Å². The molecular weight excluding hydrogens is 331 g/mol. The molecule has 2 aromatic carbocycles. The molecule has 26 heavy (non-hydrogen) atoms. The summed E-state index contributed by atoms with van der Waals surface area (Å²) in [7, 11) is 0. The first-order chi connectivity index (χ1) is 12.5. The summed E-state index contributed by atoms with van der Waals surface area (Å²) < 4.78 is 13.8.